The molecule has 7 nitrogen and oxygen atoms in total. The van der Waals surface area contributed by atoms with Crippen LogP contribution in [-0.4, -0.2) is 29.1 Å². The highest BCUT2D eigenvalue weighted by atomic mass is 32.1. The Labute approximate surface area is 163 Å². The Kier molecular flexibility index (Phi) is 5.85. The van der Waals surface area contributed by atoms with Crippen LogP contribution in [0, 0.1) is 5.82 Å². The Morgan fingerprint density at radius 2 is 1.96 bits per heavy atom. The maximum Gasteiger partial charge on any atom is 0.347 e. The van der Waals surface area contributed by atoms with E-state index in [2.05, 4.69) is 10.3 Å². The number of halogens is 1. The molecule has 0 unspecified atom stereocenters. The molecular formula is C19H15FN2O5S. The molecule has 0 atom stereocenters. The van der Waals surface area contributed by atoms with Gasteiger partial charge in [0, 0.05) is 17.2 Å². The number of hydrogen-bond acceptors (Lipinski definition) is 6. The van der Waals surface area contributed by atoms with Crippen LogP contribution in [0.2, 0.25) is 0 Å². The fourth-order valence-corrected chi connectivity index (χ4v) is 2.93. The first-order valence-corrected chi connectivity index (χ1v) is 8.83. The van der Waals surface area contributed by atoms with Gasteiger partial charge in [0.25, 0.3) is 5.91 Å². The zero-order chi connectivity index (χ0) is 20.1. The second-order valence-electron chi connectivity index (χ2n) is 5.57. The standard InChI is InChI=1S/C19H15FN2O5S/c1-26-13-6-12(17(23)22-19-21-9-16(28-19)18(24)25)7-14(8-13)27-10-11-4-2-3-5-15(11)20/h2-9H,10H2,1H3,(H,24,25)(H,21,22,23). The predicted octanol–water partition coefficient (Wildman–Crippen LogP) is 3.82. The van der Waals surface area contributed by atoms with Crippen molar-refractivity contribution in [3.8, 4) is 11.5 Å². The fraction of sp³-hybridized carbons (Fsp3) is 0.105. The number of ether oxygens (including phenoxy) is 2. The maximum absolute atomic E-state index is 13.7. The van der Waals surface area contributed by atoms with Gasteiger partial charge in [0.05, 0.1) is 13.3 Å². The molecule has 2 N–H and O–H groups in total. The van der Waals surface area contributed by atoms with E-state index in [1.165, 1.54) is 25.3 Å². The van der Waals surface area contributed by atoms with Gasteiger partial charge in [-0.1, -0.05) is 29.5 Å². The molecule has 0 fully saturated rings. The van der Waals surface area contributed by atoms with Gasteiger partial charge in [-0.2, -0.15) is 0 Å². The number of nitrogens with zero attached hydrogens (tertiary/aromatic N) is 1. The van der Waals surface area contributed by atoms with Crippen molar-refractivity contribution in [2.75, 3.05) is 12.4 Å². The van der Waals surface area contributed by atoms with Crippen LogP contribution in [0.3, 0.4) is 0 Å². The molecule has 144 valence electrons. The van der Waals surface area contributed by atoms with E-state index in [9.17, 15) is 14.0 Å². The van der Waals surface area contributed by atoms with Crippen molar-refractivity contribution in [2.45, 2.75) is 6.61 Å². The highest BCUT2D eigenvalue weighted by Crippen LogP contribution is 2.25. The summed E-state index contributed by atoms with van der Waals surface area (Å²) in [6.45, 7) is -0.0185. The summed E-state index contributed by atoms with van der Waals surface area (Å²) in [6, 6.07) is 10.8. The number of thiazole rings is 1. The molecule has 3 aromatic rings. The lowest BCUT2D eigenvalue weighted by Gasteiger charge is -2.11. The van der Waals surface area contributed by atoms with Gasteiger partial charge < -0.3 is 14.6 Å². The number of carbonyl (C=O) groups excluding carboxylic acids is 1. The number of anilines is 1. The number of carboxylic acids is 1. The summed E-state index contributed by atoms with van der Waals surface area (Å²) in [6.07, 6.45) is 1.16. The first kappa shape index (κ1) is 19.3. The van der Waals surface area contributed by atoms with Crippen molar-refractivity contribution in [2.24, 2.45) is 0 Å². The van der Waals surface area contributed by atoms with Crippen LogP contribution in [0.4, 0.5) is 9.52 Å². The molecule has 0 saturated carbocycles. The molecule has 0 bridgehead atoms. The molecule has 1 aromatic heterocycles. The van der Waals surface area contributed by atoms with E-state index in [0.29, 0.717) is 17.1 Å². The van der Waals surface area contributed by atoms with E-state index in [4.69, 9.17) is 14.6 Å². The average Bonchev–Trinajstić information content (AvgIpc) is 3.16. The maximum atomic E-state index is 13.7. The Balaban J connectivity index is 1.76. The van der Waals surface area contributed by atoms with Crippen LogP contribution in [0.5, 0.6) is 11.5 Å². The first-order valence-electron chi connectivity index (χ1n) is 8.02. The van der Waals surface area contributed by atoms with Gasteiger partial charge in [-0.25, -0.2) is 14.2 Å². The van der Waals surface area contributed by atoms with Gasteiger partial charge in [0.15, 0.2) is 5.13 Å². The van der Waals surface area contributed by atoms with Crippen molar-refractivity contribution >= 4 is 28.3 Å². The van der Waals surface area contributed by atoms with Crippen molar-refractivity contribution < 1.29 is 28.6 Å². The Hall–Kier alpha value is -3.46. The Bertz CT molecular complexity index is 1020. The molecule has 0 aliphatic heterocycles. The van der Waals surface area contributed by atoms with E-state index in [-0.39, 0.29) is 28.0 Å². The third-order valence-corrected chi connectivity index (χ3v) is 4.57. The lowest BCUT2D eigenvalue weighted by atomic mass is 10.2. The summed E-state index contributed by atoms with van der Waals surface area (Å²) in [5.74, 6) is -1.33. The average molecular weight is 402 g/mol. The molecule has 0 aliphatic rings. The molecule has 1 amide bonds. The molecule has 1 heterocycles. The number of aromatic nitrogens is 1. The van der Waals surface area contributed by atoms with E-state index >= 15 is 0 Å². The molecule has 28 heavy (non-hydrogen) atoms. The normalized spacial score (nSPS) is 10.4. The number of methoxy groups -OCH3 is 1. The molecule has 2 aromatic carbocycles. The molecule has 0 radical (unpaired) electrons. The molecule has 0 spiro atoms. The van der Waals surface area contributed by atoms with E-state index in [1.54, 1.807) is 24.3 Å². The molecule has 0 aliphatic carbocycles. The molecular weight excluding hydrogens is 387 g/mol. The Morgan fingerprint density at radius 1 is 1.21 bits per heavy atom. The minimum atomic E-state index is -1.12. The lowest BCUT2D eigenvalue weighted by Crippen LogP contribution is -2.12. The monoisotopic (exact) mass is 402 g/mol. The van der Waals surface area contributed by atoms with E-state index < -0.39 is 11.9 Å². The number of aromatic carboxylic acids is 1. The summed E-state index contributed by atoms with van der Waals surface area (Å²) in [4.78, 5) is 27.3. The van der Waals surface area contributed by atoms with E-state index in [0.717, 1.165) is 17.5 Å². The highest BCUT2D eigenvalue weighted by Gasteiger charge is 2.14. The quantitative estimate of drug-likeness (QED) is 0.624. The highest BCUT2D eigenvalue weighted by molar-refractivity contribution is 7.17. The number of carbonyl (C=O) groups is 2. The van der Waals surface area contributed by atoms with Gasteiger partial charge in [-0.15, -0.1) is 0 Å². The predicted molar refractivity (Wildman–Crippen MR) is 101 cm³/mol. The lowest BCUT2D eigenvalue weighted by molar-refractivity contribution is 0.0701. The van der Waals surface area contributed by atoms with Crippen molar-refractivity contribution in [1.82, 2.24) is 4.98 Å². The third-order valence-electron chi connectivity index (χ3n) is 3.67. The van der Waals surface area contributed by atoms with E-state index in [1.807, 2.05) is 0 Å². The van der Waals surface area contributed by atoms with Crippen LogP contribution in [0.1, 0.15) is 25.6 Å². The zero-order valence-corrected chi connectivity index (χ0v) is 15.5. The minimum absolute atomic E-state index is 0.00912. The smallest absolute Gasteiger partial charge is 0.347 e. The minimum Gasteiger partial charge on any atom is -0.497 e. The van der Waals surface area contributed by atoms with Gasteiger partial charge in [0.2, 0.25) is 0 Å². The molecule has 3 rings (SSSR count). The number of amides is 1. The summed E-state index contributed by atoms with van der Waals surface area (Å²) in [5, 5.41) is 11.6. The summed E-state index contributed by atoms with van der Waals surface area (Å²) in [5.41, 5.74) is 0.593. The van der Waals surface area contributed by atoms with Crippen LogP contribution >= 0.6 is 11.3 Å². The zero-order valence-electron chi connectivity index (χ0n) is 14.6. The fourth-order valence-electron chi connectivity index (χ4n) is 2.28. The van der Waals surface area contributed by atoms with Gasteiger partial charge in [0.1, 0.15) is 28.8 Å². The molecule has 0 saturated heterocycles. The number of hydrogen-bond donors (Lipinski definition) is 2. The van der Waals surface area contributed by atoms with Crippen LogP contribution in [0.25, 0.3) is 0 Å². The van der Waals surface area contributed by atoms with Gasteiger partial charge in [-0.3, -0.25) is 10.1 Å². The summed E-state index contributed by atoms with van der Waals surface area (Å²) < 4.78 is 24.5. The van der Waals surface area contributed by atoms with Crippen LogP contribution in [0.15, 0.2) is 48.7 Å². The SMILES string of the molecule is COc1cc(OCc2ccccc2F)cc(C(=O)Nc2ncc(C(=O)O)s2)c1. The number of nitrogens with one attached hydrogen (secondary N) is 1. The number of rotatable bonds is 7. The Morgan fingerprint density at radius 3 is 2.64 bits per heavy atom. The first-order chi connectivity index (χ1) is 13.5. The number of carboxylic acid groups (broad SMARTS) is 1. The number of benzene rings is 2. The van der Waals surface area contributed by atoms with Crippen LogP contribution in [-0.2, 0) is 6.61 Å². The summed E-state index contributed by atoms with van der Waals surface area (Å²) >= 11 is 0.841. The molecule has 9 heteroatoms. The second kappa shape index (κ2) is 8.49. The van der Waals surface area contributed by atoms with Gasteiger partial charge in [-0.05, 0) is 18.2 Å². The second-order valence-corrected chi connectivity index (χ2v) is 6.60. The van der Waals surface area contributed by atoms with Gasteiger partial charge >= 0.3 is 5.97 Å². The van der Waals surface area contributed by atoms with Crippen molar-refractivity contribution in [1.29, 1.82) is 0 Å². The van der Waals surface area contributed by atoms with Crippen molar-refractivity contribution in [3.05, 3.63) is 70.5 Å². The van der Waals surface area contributed by atoms with Crippen molar-refractivity contribution in [3.63, 3.8) is 0 Å². The largest absolute Gasteiger partial charge is 0.497 e. The third kappa shape index (κ3) is 4.63. The summed E-state index contributed by atoms with van der Waals surface area (Å²) in [7, 11) is 1.44. The van der Waals surface area contributed by atoms with Crippen LogP contribution < -0.4 is 14.8 Å². The topological polar surface area (TPSA) is 97.8 Å².